The third-order valence-electron chi connectivity index (χ3n) is 6.78. The Morgan fingerprint density at radius 2 is 0.919 bits per heavy atom. The van der Waals surface area contributed by atoms with Gasteiger partial charge in [-0.3, -0.25) is 29.4 Å². The van der Waals surface area contributed by atoms with Crippen molar-refractivity contribution in [3.05, 3.63) is 0 Å². The highest BCUT2D eigenvalue weighted by atomic mass is 15.6. The molecule has 2 aliphatic heterocycles. The standard InChI is InChI=1S/C14H22N6.C10H14N6.CH4/c1-4-12-18(9-7-15)13(5-2)20(11-17)14(6-3)19(12)10-8-16;1-9-14(5-3-11)8-15(6-4-12)10(2)16(9)7-13;/h12-14H,4-6,9-10H2,1-3H3;9-10H,5-6,8H2,1-2H3;1H4. The minimum atomic E-state index is -0.102. The Hall–Kier alpha value is -3.62. The number of nitrogens with zero attached hydrogens (tertiary/aromatic N) is 12. The second-order valence-corrected chi connectivity index (χ2v) is 8.56. The van der Waals surface area contributed by atoms with Crippen molar-refractivity contribution in [3.63, 3.8) is 0 Å². The van der Waals surface area contributed by atoms with Gasteiger partial charge in [0, 0.05) is 0 Å². The summed E-state index contributed by atoms with van der Waals surface area (Å²) < 4.78 is 0. The molecular formula is C25H40N12. The fraction of sp³-hybridized carbons (Fsp3) is 0.760. The topological polar surface area (TPSA) is 162 Å². The molecule has 12 heteroatoms. The van der Waals surface area contributed by atoms with Crippen LogP contribution in [-0.2, 0) is 0 Å². The summed E-state index contributed by atoms with van der Waals surface area (Å²) in [5, 5.41) is 54.1. The third kappa shape index (κ3) is 7.68. The van der Waals surface area contributed by atoms with E-state index in [2.05, 4.69) is 43.6 Å². The molecule has 2 fully saturated rings. The number of nitriles is 6. The van der Waals surface area contributed by atoms with Crippen LogP contribution in [0.3, 0.4) is 0 Å². The Balaban J connectivity index is 0.000000698. The molecule has 0 aromatic heterocycles. The van der Waals surface area contributed by atoms with E-state index in [1.807, 2.05) is 47.3 Å². The van der Waals surface area contributed by atoms with Gasteiger partial charge >= 0.3 is 0 Å². The molecule has 2 aliphatic rings. The first-order chi connectivity index (χ1) is 17.3. The van der Waals surface area contributed by atoms with Gasteiger partial charge in [-0.15, -0.1) is 0 Å². The second kappa shape index (κ2) is 16.9. The molecule has 2 saturated heterocycles. The SMILES string of the molecule is C.CC1N(CC#N)CN(CC#N)C(C)N1C#N.CCC1N(C#N)C(CC)N(CC#N)C(CC)N1CC#N. The first kappa shape index (κ1) is 33.4. The van der Waals surface area contributed by atoms with Gasteiger partial charge in [0.05, 0.1) is 88.0 Å². The predicted molar refractivity (Wildman–Crippen MR) is 137 cm³/mol. The van der Waals surface area contributed by atoms with Gasteiger partial charge in [0.2, 0.25) is 0 Å². The lowest BCUT2D eigenvalue weighted by molar-refractivity contribution is -0.144. The van der Waals surface area contributed by atoms with Gasteiger partial charge in [-0.25, -0.2) is 0 Å². The van der Waals surface area contributed by atoms with Gasteiger partial charge in [0.25, 0.3) is 0 Å². The van der Waals surface area contributed by atoms with Crippen LogP contribution in [0.5, 0.6) is 0 Å². The van der Waals surface area contributed by atoms with Gasteiger partial charge in [-0.2, -0.15) is 31.6 Å². The summed E-state index contributed by atoms with van der Waals surface area (Å²) in [4.78, 5) is 11.1. The Morgan fingerprint density at radius 1 is 0.568 bits per heavy atom. The maximum absolute atomic E-state index is 9.48. The first-order valence-corrected chi connectivity index (χ1v) is 12.2. The monoisotopic (exact) mass is 508 g/mol. The molecule has 0 spiro atoms. The number of hydrogen-bond acceptors (Lipinski definition) is 12. The quantitative estimate of drug-likeness (QED) is 0.365. The highest BCUT2D eigenvalue weighted by Gasteiger charge is 2.43. The van der Waals surface area contributed by atoms with Gasteiger partial charge in [-0.05, 0) is 33.1 Å². The van der Waals surface area contributed by atoms with Crippen LogP contribution in [0.15, 0.2) is 0 Å². The van der Waals surface area contributed by atoms with E-state index in [-0.39, 0.29) is 64.4 Å². The molecule has 0 radical (unpaired) electrons. The lowest BCUT2D eigenvalue weighted by Gasteiger charge is -2.54. The van der Waals surface area contributed by atoms with Crippen molar-refractivity contribution in [2.24, 2.45) is 0 Å². The van der Waals surface area contributed by atoms with E-state index in [1.165, 1.54) is 0 Å². The zero-order valence-corrected chi connectivity index (χ0v) is 21.9. The molecule has 0 aliphatic carbocycles. The van der Waals surface area contributed by atoms with E-state index >= 15 is 0 Å². The predicted octanol–water partition coefficient (Wildman–Crippen LogP) is 2.36. The van der Waals surface area contributed by atoms with Gasteiger partial charge in [-0.1, -0.05) is 28.2 Å². The fourth-order valence-electron chi connectivity index (χ4n) is 5.00. The molecule has 200 valence electrons. The largest absolute Gasteiger partial charge is 0.278 e. The van der Waals surface area contributed by atoms with Gasteiger partial charge < -0.3 is 0 Å². The second-order valence-electron chi connectivity index (χ2n) is 8.56. The highest BCUT2D eigenvalue weighted by molar-refractivity contribution is 5.00. The molecule has 0 amide bonds. The average molecular weight is 509 g/mol. The smallest absolute Gasteiger partial charge is 0.182 e. The average Bonchev–Trinajstić information content (AvgIpc) is 2.88. The Labute approximate surface area is 222 Å². The first-order valence-electron chi connectivity index (χ1n) is 12.2. The Kier molecular flexibility index (Phi) is 15.3. The summed E-state index contributed by atoms with van der Waals surface area (Å²) in [6, 6.07) is 8.51. The van der Waals surface area contributed by atoms with E-state index in [4.69, 9.17) is 26.3 Å². The summed E-state index contributed by atoms with van der Waals surface area (Å²) in [5.74, 6) is 0. The molecule has 4 unspecified atom stereocenters. The van der Waals surface area contributed by atoms with Crippen LogP contribution in [0.1, 0.15) is 61.3 Å². The fourth-order valence-corrected chi connectivity index (χ4v) is 5.00. The van der Waals surface area contributed by atoms with Gasteiger partial charge in [0.15, 0.2) is 12.4 Å². The summed E-state index contributed by atoms with van der Waals surface area (Å²) in [6.07, 6.45) is 6.46. The number of hydrogen-bond donors (Lipinski definition) is 0. The highest BCUT2D eigenvalue weighted by Crippen LogP contribution is 2.30. The van der Waals surface area contributed by atoms with E-state index in [9.17, 15) is 5.26 Å². The summed E-state index contributed by atoms with van der Waals surface area (Å²) in [7, 11) is 0. The van der Waals surface area contributed by atoms with E-state index in [0.717, 1.165) is 19.3 Å². The van der Waals surface area contributed by atoms with Crippen molar-refractivity contribution < 1.29 is 0 Å². The maximum atomic E-state index is 9.48. The molecule has 12 nitrogen and oxygen atoms in total. The van der Waals surface area contributed by atoms with Crippen molar-refractivity contribution in [3.8, 4) is 36.7 Å². The van der Waals surface area contributed by atoms with E-state index in [0.29, 0.717) is 6.67 Å². The molecule has 4 atom stereocenters. The van der Waals surface area contributed by atoms with Crippen molar-refractivity contribution in [1.82, 2.24) is 29.4 Å². The summed E-state index contributed by atoms with van der Waals surface area (Å²) in [5.41, 5.74) is 0. The van der Waals surface area contributed by atoms with Crippen molar-refractivity contribution in [1.29, 1.82) is 31.6 Å². The van der Waals surface area contributed by atoms with Crippen molar-refractivity contribution >= 4 is 0 Å². The van der Waals surface area contributed by atoms with Crippen LogP contribution < -0.4 is 0 Å². The molecule has 2 rings (SSSR count). The third-order valence-corrected chi connectivity index (χ3v) is 6.78. The van der Waals surface area contributed by atoms with E-state index in [1.54, 1.807) is 9.80 Å². The summed E-state index contributed by atoms with van der Waals surface area (Å²) >= 11 is 0. The molecule has 0 aromatic carbocycles. The Morgan fingerprint density at radius 3 is 1.19 bits per heavy atom. The van der Waals surface area contributed by atoms with Crippen LogP contribution in [-0.4, -0.2) is 93.1 Å². The maximum Gasteiger partial charge on any atom is 0.182 e. The van der Waals surface area contributed by atoms with Crippen molar-refractivity contribution in [2.75, 3.05) is 32.8 Å². The minimum Gasteiger partial charge on any atom is -0.278 e. The number of rotatable bonds is 7. The zero-order chi connectivity index (χ0) is 27.3. The van der Waals surface area contributed by atoms with Crippen LogP contribution in [0, 0.1) is 68.2 Å². The molecular weight excluding hydrogens is 468 g/mol. The molecule has 2 heterocycles. The molecule has 0 bridgehead atoms. The molecule has 37 heavy (non-hydrogen) atoms. The molecule has 0 aromatic rings. The van der Waals surface area contributed by atoms with Crippen LogP contribution in [0.4, 0.5) is 0 Å². The molecule has 0 N–H and O–H groups in total. The Bertz CT molecular complexity index is 882. The minimum absolute atomic E-state index is 0. The van der Waals surface area contributed by atoms with Gasteiger partial charge in [0.1, 0.15) is 0 Å². The lowest BCUT2D eigenvalue weighted by Crippen LogP contribution is -2.69. The molecule has 0 saturated carbocycles. The zero-order valence-electron chi connectivity index (χ0n) is 21.9. The normalized spacial score (nSPS) is 26.5. The van der Waals surface area contributed by atoms with Crippen LogP contribution >= 0.6 is 0 Å². The van der Waals surface area contributed by atoms with Crippen LogP contribution in [0.25, 0.3) is 0 Å². The lowest BCUT2D eigenvalue weighted by atomic mass is 10.1. The van der Waals surface area contributed by atoms with E-state index < -0.39 is 0 Å². The van der Waals surface area contributed by atoms with Crippen LogP contribution in [0.2, 0.25) is 0 Å². The van der Waals surface area contributed by atoms with Crippen molar-refractivity contribution in [2.45, 2.75) is 92.1 Å². The summed E-state index contributed by atoms with van der Waals surface area (Å²) in [6.45, 7) is 11.5.